The summed E-state index contributed by atoms with van der Waals surface area (Å²) in [5.74, 6) is 0.273. The third-order valence-electron chi connectivity index (χ3n) is 1.39. The maximum absolute atomic E-state index is 8.94. The molecule has 0 fully saturated rings. The van der Waals surface area contributed by atoms with E-state index >= 15 is 0 Å². The second kappa shape index (κ2) is 3.67. The normalized spacial score (nSPS) is 17.4. The van der Waals surface area contributed by atoms with Crippen molar-refractivity contribution >= 4 is 0 Å². The first-order chi connectivity index (χ1) is 3.72. The molecule has 0 heterocycles. The summed E-state index contributed by atoms with van der Waals surface area (Å²) in [7, 11) is 0. The fraction of sp³-hybridized carbons (Fsp3) is 0.714. The predicted molar refractivity (Wildman–Crippen MR) is 35.7 cm³/mol. The number of aliphatic hydroxyl groups excluding tert-OH is 1. The molecule has 8 heavy (non-hydrogen) atoms. The lowest BCUT2D eigenvalue weighted by molar-refractivity contribution is 0.147. The zero-order valence-electron chi connectivity index (χ0n) is 5.59. The Hall–Kier alpha value is -0.300. The summed E-state index contributed by atoms with van der Waals surface area (Å²) in [6, 6.07) is 0. The number of hydrogen-bond acceptors (Lipinski definition) is 1. The number of hydrogen-bond donors (Lipinski definition) is 1. The first kappa shape index (κ1) is 7.70. The molecule has 0 aromatic rings. The topological polar surface area (TPSA) is 20.2 Å². The van der Waals surface area contributed by atoms with E-state index in [1.54, 1.807) is 13.0 Å². The van der Waals surface area contributed by atoms with Crippen molar-refractivity contribution in [2.75, 3.05) is 0 Å². The van der Waals surface area contributed by atoms with Gasteiger partial charge >= 0.3 is 0 Å². The van der Waals surface area contributed by atoms with Crippen molar-refractivity contribution in [1.82, 2.24) is 0 Å². The second-order valence-electron chi connectivity index (χ2n) is 2.05. The molecule has 0 aliphatic carbocycles. The van der Waals surface area contributed by atoms with Crippen LogP contribution in [0.15, 0.2) is 12.7 Å². The Bertz CT molecular complexity index is 66.8. The average molecular weight is 114 g/mol. The highest BCUT2D eigenvalue weighted by Crippen LogP contribution is 2.07. The van der Waals surface area contributed by atoms with Crippen LogP contribution in [0.4, 0.5) is 0 Å². The molecular weight excluding hydrogens is 100 g/mol. The third-order valence-corrected chi connectivity index (χ3v) is 1.39. The Morgan fingerprint density at radius 3 is 2.25 bits per heavy atom. The Kier molecular flexibility index (Phi) is 3.53. The number of aliphatic hydroxyl groups is 1. The Balaban J connectivity index is 3.51. The van der Waals surface area contributed by atoms with Crippen molar-refractivity contribution < 1.29 is 5.11 Å². The Morgan fingerprint density at radius 1 is 1.75 bits per heavy atom. The molecule has 0 radical (unpaired) electrons. The second-order valence-corrected chi connectivity index (χ2v) is 2.05. The zero-order valence-corrected chi connectivity index (χ0v) is 5.59. The maximum Gasteiger partial charge on any atom is 0.0574 e. The van der Waals surface area contributed by atoms with E-state index in [4.69, 9.17) is 5.11 Å². The molecule has 1 nitrogen and oxygen atoms in total. The van der Waals surface area contributed by atoms with Gasteiger partial charge in [0, 0.05) is 5.92 Å². The SMILES string of the molecule is C=C[C@@H](CC)[C@H](C)O. The van der Waals surface area contributed by atoms with Crippen molar-refractivity contribution in [3.63, 3.8) is 0 Å². The van der Waals surface area contributed by atoms with Crippen LogP contribution in [0.1, 0.15) is 20.3 Å². The lowest BCUT2D eigenvalue weighted by atomic mass is 10.0. The van der Waals surface area contributed by atoms with E-state index in [2.05, 4.69) is 6.58 Å². The molecule has 0 saturated carbocycles. The van der Waals surface area contributed by atoms with E-state index in [0.717, 1.165) is 6.42 Å². The van der Waals surface area contributed by atoms with Crippen LogP contribution < -0.4 is 0 Å². The zero-order chi connectivity index (χ0) is 6.57. The summed E-state index contributed by atoms with van der Waals surface area (Å²) in [6.07, 6.45) is 2.53. The quantitative estimate of drug-likeness (QED) is 0.552. The molecule has 1 heteroatoms. The Morgan fingerprint density at radius 2 is 2.25 bits per heavy atom. The molecule has 0 aromatic heterocycles. The van der Waals surface area contributed by atoms with Crippen molar-refractivity contribution in [3.05, 3.63) is 12.7 Å². The molecule has 2 atom stereocenters. The van der Waals surface area contributed by atoms with Gasteiger partial charge in [-0.3, -0.25) is 0 Å². The summed E-state index contributed by atoms with van der Waals surface area (Å²) in [5.41, 5.74) is 0. The monoisotopic (exact) mass is 114 g/mol. The first-order valence-electron chi connectivity index (χ1n) is 3.03. The van der Waals surface area contributed by atoms with Crippen molar-refractivity contribution in [2.24, 2.45) is 5.92 Å². The third kappa shape index (κ3) is 2.12. The minimum Gasteiger partial charge on any atom is -0.393 e. The first-order valence-corrected chi connectivity index (χ1v) is 3.03. The molecule has 0 unspecified atom stereocenters. The average Bonchev–Trinajstić information content (AvgIpc) is 1.69. The van der Waals surface area contributed by atoms with Crippen LogP contribution in [0, 0.1) is 5.92 Å². The molecule has 0 aromatic carbocycles. The van der Waals surface area contributed by atoms with E-state index in [-0.39, 0.29) is 12.0 Å². The molecule has 1 N–H and O–H groups in total. The standard InChI is InChI=1S/C7H14O/c1-4-7(5-2)6(3)8/h4,6-8H,1,5H2,2-3H3/t6-,7-/m0/s1. The fourth-order valence-electron chi connectivity index (χ4n) is 0.705. The predicted octanol–water partition coefficient (Wildman–Crippen LogP) is 1.58. The van der Waals surface area contributed by atoms with Gasteiger partial charge in [0.2, 0.25) is 0 Å². The largest absolute Gasteiger partial charge is 0.393 e. The highest BCUT2D eigenvalue weighted by Gasteiger charge is 2.05. The van der Waals surface area contributed by atoms with Crippen LogP contribution in [0.3, 0.4) is 0 Å². The molecule has 0 amide bonds. The van der Waals surface area contributed by atoms with Gasteiger partial charge in [-0.1, -0.05) is 13.0 Å². The molecule has 0 bridgehead atoms. The highest BCUT2D eigenvalue weighted by atomic mass is 16.3. The Labute approximate surface area is 51.0 Å². The van der Waals surface area contributed by atoms with Gasteiger partial charge in [-0.2, -0.15) is 0 Å². The van der Waals surface area contributed by atoms with Gasteiger partial charge in [-0.15, -0.1) is 6.58 Å². The van der Waals surface area contributed by atoms with Gasteiger partial charge in [-0.25, -0.2) is 0 Å². The molecular formula is C7H14O. The molecule has 0 aliphatic rings. The molecule has 0 saturated heterocycles. The summed E-state index contributed by atoms with van der Waals surface area (Å²) in [6.45, 7) is 7.42. The van der Waals surface area contributed by atoms with Gasteiger partial charge < -0.3 is 5.11 Å². The summed E-state index contributed by atoms with van der Waals surface area (Å²) < 4.78 is 0. The van der Waals surface area contributed by atoms with E-state index in [1.165, 1.54) is 0 Å². The van der Waals surface area contributed by atoms with Gasteiger partial charge in [0.15, 0.2) is 0 Å². The smallest absolute Gasteiger partial charge is 0.0574 e. The van der Waals surface area contributed by atoms with Crippen LogP contribution in [0.5, 0.6) is 0 Å². The van der Waals surface area contributed by atoms with E-state index in [0.29, 0.717) is 0 Å². The molecule has 0 spiro atoms. The van der Waals surface area contributed by atoms with Crippen LogP contribution in [-0.4, -0.2) is 11.2 Å². The van der Waals surface area contributed by atoms with Crippen molar-refractivity contribution in [1.29, 1.82) is 0 Å². The van der Waals surface area contributed by atoms with Gasteiger partial charge in [-0.05, 0) is 13.3 Å². The lowest BCUT2D eigenvalue weighted by Crippen LogP contribution is -2.12. The minimum atomic E-state index is -0.238. The minimum absolute atomic E-state index is 0.238. The fourth-order valence-corrected chi connectivity index (χ4v) is 0.705. The van der Waals surface area contributed by atoms with Gasteiger partial charge in [0.05, 0.1) is 6.10 Å². The number of rotatable bonds is 3. The van der Waals surface area contributed by atoms with Crippen molar-refractivity contribution in [2.45, 2.75) is 26.4 Å². The summed E-state index contributed by atoms with van der Waals surface area (Å²) in [4.78, 5) is 0. The summed E-state index contributed by atoms with van der Waals surface area (Å²) in [5, 5.41) is 8.94. The highest BCUT2D eigenvalue weighted by molar-refractivity contribution is 4.81. The van der Waals surface area contributed by atoms with E-state index in [1.807, 2.05) is 6.92 Å². The van der Waals surface area contributed by atoms with Gasteiger partial charge in [0.25, 0.3) is 0 Å². The van der Waals surface area contributed by atoms with Gasteiger partial charge in [0.1, 0.15) is 0 Å². The van der Waals surface area contributed by atoms with Crippen LogP contribution >= 0.6 is 0 Å². The lowest BCUT2D eigenvalue weighted by Gasteiger charge is -2.11. The van der Waals surface area contributed by atoms with Crippen LogP contribution in [0.2, 0.25) is 0 Å². The van der Waals surface area contributed by atoms with E-state index in [9.17, 15) is 0 Å². The summed E-state index contributed by atoms with van der Waals surface area (Å²) >= 11 is 0. The van der Waals surface area contributed by atoms with Crippen LogP contribution in [-0.2, 0) is 0 Å². The molecule has 0 rings (SSSR count). The molecule has 0 aliphatic heterocycles. The van der Waals surface area contributed by atoms with Crippen LogP contribution in [0.25, 0.3) is 0 Å². The van der Waals surface area contributed by atoms with Crippen molar-refractivity contribution in [3.8, 4) is 0 Å². The molecule has 48 valence electrons. The van der Waals surface area contributed by atoms with E-state index < -0.39 is 0 Å². The maximum atomic E-state index is 8.94.